The number of benzene rings is 1. The molecule has 1 saturated carbocycles. The summed E-state index contributed by atoms with van der Waals surface area (Å²) in [5.74, 6) is 0.612. The molecule has 0 atom stereocenters. The molecule has 1 saturated heterocycles. The molecule has 9 heteroatoms. The molecule has 8 nitrogen and oxygen atoms in total. The zero-order chi connectivity index (χ0) is 22.7. The minimum Gasteiger partial charge on any atom is -0.404 e. The van der Waals surface area contributed by atoms with Crippen molar-refractivity contribution in [3.8, 4) is 0 Å². The second-order valence-corrected chi connectivity index (χ2v) is 10.9. The maximum Gasteiger partial charge on any atom is 0.254 e. The maximum atomic E-state index is 13.0. The van der Waals surface area contributed by atoms with Crippen LogP contribution in [-0.4, -0.2) is 49.6 Å². The summed E-state index contributed by atoms with van der Waals surface area (Å²) in [6, 6.07) is 5.99. The van der Waals surface area contributed by atoms with Gasteiger partial charge in [-0.15, -0.1) is 0 Å². The van der Waals surface area contributed by atoms with E-state index in [1.54, 1.807) is 6.20 Å². The first kappa shape index (κ1) is 22.3. The highest BCUT2D eigenvalue weighted by molar-refractivity contribution is 7.91. The number of pyridine rings is 1. The van der Waals surface area contributed by atoms with Gasteiger partial charge in [-0.3, -0.25) is 9.78 Å². The molecule has 4 rings (SSSR count). The van der Waals surface area contributed by atoms with Crippen molar-refractivity contribution in [3.63, 3.8) is 0 Å². The number of carbonyl (C=O) groups is 1. The van der Waals surface area contributed by atoms with Gasteiger partial charge in [0, 0.05) is 42.2 Å². The Morgan fingerprint density at radius 3 is 2.62 bits per heavy atom. The summed E-state index contributed by atoms with van der Waals surface area (Å²) in [4.78, 5) is 17.5. The molecule has 0 spiro atoms. The Hall–Kier alpha value is -2.94. The van der Waals surface area contributed by atoms with Gasteiger partial charge in [-0.25, -0.2) is 8.42 Å². The molecular weight excluding hydrogens is 426 g/mol. The number of rotatable bonds is 8. The minimum atomic E-state index is -2.88. The maximum absolute atomic E-state index is 13.0. The summed E-state index contributed by atoms with van der Waals surface area (Å²) < 4.78 is 23.2. The number of sulfone groups is 1. The van der Waals surface area contributed by atoms with Crippen LogP contribution in [0.5, 0.6) is 0 Å². The monoisotopic (exact) mass is 455 g/mol. The van der Waals surface area contributed by atoms with E-state index in [4.69, 9.17) is 11.1 Å². The molecule has 0 unspecified atom stereocenters. The highest BCUT2D eigenvalue weighted by Gasteiger charge is 2.26. The highest BCUT2D eigenvalue weighted by atomic mass is 32.2. The zero-order valence-corrected chi connectivity index (χ0v) is 18.7. The smallest absolute Gasteiger partial charge is 0.254 e. The molecule has 2 aliphatic rings. The van der Waals surface area contributed by atoms with E-state index < -0.39 is 9.84 Å². The molecule has 2 heterocycles. The van der Waals surface area contributed by atoms with Gasteiger partial charge in [-0.05, 0) is 55.7 Å². The van der Waals surface area contributed by atoms with Crippen LogP contribution in [0, 0.1) is 11.3 Å². The van der Waals surface area contributed by atoms with Crippen LogP contribution in [0.2, 0.25) is 0 Å². The quantitative estimate of drug-likeness (QED) is 0.452. The number of nitrogens with one attached hydrogen (secondary N) is 3. The van der Waals surface area contributed by atoms with Crippen LogP contribution in [-0.2, 0) is 9.84 Å². The second-order valence-electron chi connectivity index (χ2n) is 8.60. The summed E-state index contributed by atoms with van der Waals surface area (Å²) in [6.45, 7) is 0.498. The Kier molecular flexibility index (Phi) is 6.45. The Morgan fingerprint density at radius 2 is 1.97 bits per heavy atom. The Labute approximate surface area is 188 Å². The fraction of sp³-hybridized carbons (Fsp3) is 0.435. The molecule has 1 aliphatic heterocycles. The summed E-state index contributed by atoms with van der Waals surface area (Å²) in [5.41, 5.74) is 9.04. The molecule has 170 valence electrons. The van der Waals surface area contributed by atoms with E-state index in [0.29, 0.717) is 42.5 Å². The SMILES string of the molecule is N=CC(=CN)c1ccc2ncc(C(=O)NCCC3CCS(=O)(=O)CC3)c(NC3CC3)c2c1. The van der Waals surface area contributed by atoms with Gasteiger partial charge in [-0.1, -0.05) is 6.07 Å². The lowest BCUT2D eigenvalue weighted by Gasteiger charge is -2.22. The van der Waals surface area contributed by atoms with Crippen LogP contribution in [0.25, 0.3) is 16.5 Å². The van der Waals surface area contributed by atoms with Gasteiger partial charge >= 0.3 is 0 Å². The Morgan fingerprint density at radius 1 is 1.22 bits per heavy atom. The average molecular weight is 456 g/mol. The molecule has 32 heavy (non-hydrogen) atoms. The van der Waals surface area contributed by atoms with E-state index in [0.717, 1.165) is 41.4 Å². The van der Waals surface area contributed by atoms with E-state index >= 15 is 0 Å². The van der Waals surface area contributed by atoms with E-state index in [-0.39, 0.29) is 17.4 Å². The van der Waals surface area contributed by atoms with Crippen molar-refractivity contribution in [2.45, 2.75) is 38.1 Å². The number of fused-ring (bicyclic) bond motifs is 1. The summed E-state index contributed by atoms with van der Waals surface area (Å²) in [6.07, 6.45) is 8.41. The first-order chi connectivity index (χ1) is 15.4. The van der Waals surface area contributed by atoms with Gasteiger partial charge in [0.05, 0.1) is 28.3 Å². The molecule has 2 aromatic rings. The van der Waals surface area contributed by atoms with Gasteiger partial charge in [0.25, 0.3) is 5.91 Å². The lowest BCUT2D eigenvalue weighted by atomic mass is 9.99. The van der Waals surface area contributed by atoms with Crippen molar-refractivity contribution in [3.05, 3.63) is 41.7 Å². The lowest BCUT2D eigenvalue weighted by Crippen LogP contribution is -2.30. The topological polar surface area (TPSA) is 138 Å². The molecule has 0 bridgehead atoms. The zero-order valence-electron chi connectivity index (χ0n) is 17.9. The van der Waals surface area contributed by atoms with E-state index in [1.165, 1.54) is 12.4 Å². The largest absolute Gasteiger partial charge is 0.404 e. The van der Waals surface area contributed by atoms with E-state index in [9.17, 15) is 13.2 Å². The van der Waals surface area contributed by atoms with Crippen LogP contribution in [0.15, 0.2) is 30.6 Å². The predicted octanol–water partition coefficient (Wildman–Crippen LogP) is 2.70. The van der Waals surface area contributed by atoms with Crippen LogP contribution in [0.3, 0.4) is 0 Å². The number of hydrogen-bond acceptors (Lipinski definition) is 7. The van der Waals surface area contributed by atoms with Gasteiger partial charge in [-0.2, -0.15) is 0 Å². The number of aromatic nitrogens is 1. The number of nitrogens with zero attached hydrogens (tertiary/aromatic N) is 1. The van der Waals surface area contributed by atoms with Crippen molar-refractivity contribution in [2.24, 2.45) is 11.7 Å². The molecule has 2 fully saturated rings. The van der Waals surface area contributed by atoms with Crippen molar-refractivity contribution in [1.82, 2.24) is 10.3 Å². The molecule has 0 radical (unpaired) electrons. The van der Waals surface area contributed by atoms with Crippen molar-refractivity contribution < 1.29 is 13.2 Å². The molecule has 1 aromatic carbocycles. The summed E-state index contributed by atoms with van der Waals surface area (Å²) in [7, 11) is -2.88. The van der Waals surface area contributed by atoms with Gasteiger partial charge < -0.3 is 21.8 Å². The molecular formula is C23H29N5O3S. The minimum absolute atomic E-state index is 0.196. The van der Waals surface area contributed by atoms with Crippen molar-refractivity contribution in [1.29, 1.82) is 5.41 Å². The van der Waals surface area contributed by atoms with Gasteiger partial charge in [0.1, 0.15) is 9.84 Å². The summed E-state index contributed by atoms with van der Waals surface area (Å²) >= 11 is 0. The predicted molar refractivity (Wildman–Crippen MR) is 128 cm³/mol. The molecule has 1 aliphatic carbocycles. The van der Waals surface area contributed by atoms with Crippen LogP contribution < -0.4 is 16.4 Å². The average Bonchev–Trinajstić information content (AvgIpc) is 3.60. The molecule has 1 amide bonds. The Balaban J connectivity index is 1.54. The van der Waals surface area contributed by atoms with Gasteiger partial charge in [0.2, 0.25) is 0 Å². The number of anilines is 1. The number of allylic oxidation sites excluding steroid dienone is 1. The fourth-order valence-corrected chi connectivity index (χ4v) is 5.66. The Bertz CT molecular complexity index is 1160. The van der Waals surface area contributed by atoms with Crippen molar-refractivity contribution >= 4 is 44.1 Å². The van der Waals surface area contributed by atoms with Crippen LogP contribution in [0.1, 0.15) is 48.0 Å². The normalized spacial score (nSPS) is 18.9. The van der Waals surface area contributed by atoms with Crippen molar-refractivity contribution in [2.75, 3.05) is 23.4 Å². The summed E-state index contributed by atoms with van der Waals surface area (Å²) in [5, 5.41) is 14.9. The first-order valence-electron chi connectivity index (χ1n) is 11.0. The third-order valence-corrected chi connectivity index (χ3v) is 7.93. The number of nitrogens with two attached hydrogens (primary N) is 1. The van der Waals surface area contributed by atoms with Crippen LogP contribution in [0.4, 0.5) is 5.69 Å². The van der Waals surface area contributed by atoms with Crippen LogP contribution >= 0.6 is 0 Å². The van der Waals surface area contributed by atoms with E-state index in [1.807, 2.05) is 18.2 Å². The molecule has 5 N–H and O–H groups in total. The van der Waals surface area contributed by atoms with E-state index in [2.05, 4.69) is 15.6 Å². The number of amides is 1. The lowest BCUT2D eigenvalue weighted by molar-refractivity contribution is 0.0951. The fourth-order valence-electron chi connectivity index (χ4n) is 4.07. The van der Waals surface area contributed by atoms with Gasteiger partial charge in [0.15, 0.2) is 0 Å². The third-order valence-electron chi connectivity index (χ3n) is 6.22. The highest BCUT2D eigenvalue weighted by Crippen LogP contribution is 2.33. The first-order valence-corrected chi connectivity index (χ1v) is 12.8. The standard InChI is InChI=1S/C23H29N5O3S/c24-12-17(13-25)16-1-4-21-19(11-16)22(28-18-2-3-18)20(14-27-21)23(29)26-8-5-15-6-9-32(30,31)10-7-15/h1,4,11-15,18,24H,2-3,5-10,25H2,(H,26,29)(H,27,28). The molecule has 1 aromatic heterocycles. The number of carbonyl (C=O) groups excluding carboxylic acids is 1. The third kappa shape index (κ3) is 5.09. The number of hydrogen-bond donors (Lipinski definition) is 4. The second kappa shape index (κ2) is 9.28.